The number of nitrogens with zero attached hydrogens (tertiary/aromatic N) is 4. The average molecular weight is 511 g/mol. The Labute approximate surface area is 229 Å². The number of imidazole rings is 2. The van der Waals surface area contributed by atoms with E-state index in [0.29, 0.717) is 0 Å². The molecule has 40 heavy (non-hydrogen) atoms. The molecule has 0 bridgehead atoms. The van der Waals surface area contributed by atoms with E-state index in [-0.39, 0.29) is 0 Å². The van der Waals surface area contributed by atoms with Gasteiger partial charge >= 0.3 is 0 Å². The minimum atomic E-state index is 0.972. The fraction of sp³-hybridized carbons (Fsp3) is 0. The number of hydrogen-bond donors (Lipinski definition) is 0. The van der Waals surface area contributed by atoms with Crippen LogP contribution >= 0.6 is 0 Å². The second kappa shape index (κ2) is 8.01. The van der Waals surface area contributed by atoms with Crippen molar-refractivity contribution in [2.75, 3.05) is 0 Å². The lowest BCUT2D eigenvalue weighted by atomic mass is 9.99. The van der Waals surface area contributed by atoms with E-state index in [1.807, 2.05) is 0 Å². The zero-order chi connectivity index (χ0) is 26.2. The molecule has 9 rings (SSSR count). The number of aromatic nitrogens is 4. The van der Waals surface area contributed by atoms with E-state index in [0.717, 1.165) is 66.6 Å². The predicted molar refractivity (Wildman–Crippen MR) is 165 cm³/mol. The van der Waals surface area contributed by atoms with Crippen LogP contribution in [0.5, 0.6) is 0 Å². The Balaban J connectivity index is 1.28. The van der Waals surface area contributed by atoms with Gasteiger partial charge in [-0.15, -0.1) is 0 Å². The first-order chi connectivity index (χ1) is 19.8. The molecule has 0 fully saturated rings. The number of pyridine rings is 2. The van der Waals surface area contributed by atoms with Crippen LogP contribution in [0, 0.1) is 0 Å². The summed E-state index contributed by atoms with van der Waals surface area (Å²) in [6.07, 6.45) is 0. The van der Waals surface area contributed by atoms with E-state index in [2.05, 4.69) is 142 Å². The Morgan fingerprint density at radius 3 is 1.20 bits per heavy atom. The van der Waals surface area contributed by atoms with Gasteiger partial charge in [-0.2, -0.15) is 0 Å². The zero-order valence-electron chi connectivity index (χ0n) is 21.5. The Bertz CT molecular complexity index is 2250. The molecule has 0 saturated carbocycles. The van der Waals surface area contributed by atoms with Crippen molar-refractivity contribution in [3.8, 4) is 22.3 Å². The number of fused-ring (bicyclic) bond motifs is 10. The van der Waals surface area contributed by atoms with Crippen LogP contribution in [0.25, 0.3) is 77.4 Å². The van der Waals surface area contributed by atoms with Crippen LogP contribution in [0.4, 0.5) is 0 Å². The van der Waals surface area contributed by atoms with Crippen molar-refractivity contribution in [1.82, 2.24) is 18.8 Å². The fourth-order valence-corrected chi connectivity index (χ4v) is 6.22. The molecular weight excluding hydrogens is 488 g/mol. The maximum absolute atomic E-state index is 5.07. The van der Waals surface area contributed by atoms with E-state index >= 15 is 0 Å². The third-order valence-electron chi connectivity index (χ3n) is 8.07. The van der Waals surface area contributed by atoms with Gasteiger partial charge in [0.15, 0.2) is 0 Å². The van der Waals surface area contributed by atoms with E-state index in [1.54, 1.807) is 0 Å². The Morgan fingerprint density at radius 2 is 0.750 bits per heavy atom. The van der Waals surface area contributed by atoms with Crippen LogP contribution in [0.3, 0.4) is 0 Å². The van der Waals surface area contributed by atoms with Crippen molar-refractivity contribution in [3.63, 3.8) is 0 Å². The second-order valence-corrected chi connectivity index (χ2v) is 10.3. The number of para-hydroxylation sites is 6. The SMILES string of the molecule is c1ccc2c(c1)cc(-c1ccc(-c3cc4ccccc4n4c3nc3ccccc34)cc1)c1nc3ccccc3n12. The molecule has 5 aromatic carbocycles. The average Bonchev–Trinajstić information content (AvgIpc) is 3.60. The third kappa shape index (κ3) is 2.96. The van der Waals surface area contributed by atoms with E-state index in [4.69, 9.17) is 9.97 Å². The summed E-state index contributed by atoms with van der Waals surface area (Å²) in [7, 11) is 0. The van der Waals surface area contributed by atoms with Gasteiger partial charge < -0.3 is 0 Å². The van der Waals surface area contributed by atoms with Gasteiger partial charge in [-0.3, -0.25) is 8.80 Å². The van der Waals surface area contributed by atoms with Crippen molar-refractivity contribution in [2.24, 2.45) is 0 Å². The molecule has 0 atom stereocenters. The quantitative estimate of drug-likeness (QED) is 0.233. The first-order valence-corrected chi connectivity index (χ1v) is 13.5. The van der Waals surface area contributed by atoms with Crippen molar-refractivity contribution in [1.29, 1.82) is 0 Å². The molecule has 4 heteroatoms. The van der Waals surface area contributed by atoms with Crippen LogP contribution in [-0.2, 0) is 0 Å². The van der Waals surface area contributed by atoms with Crippen LogP contribution in [0.1, 0.15) is 0 Å². The summed E-state index contributed by atoms with van der Waals surface area (Å²) >= 11 is 0. The molecule has 0 aliphatic rings. The fourth-order valence-electron chi connectivity index (χ4n) is 6.22. The number of rotatable bonds is 2. The zero-order valence-corrected chi connectivity index (χ0v) is 21.5. The van der Waals surface area contributed by atoms with Crippen molar-refractivity contribution in [3.05, 3.63) is 133 Å². The first kappa shape index (κ1) is 21.5. The predicted octanol–water partition coefficient (Wildman–Crippen LogP) is 8.93. The van der Waals surface area contributed by atoms with Gasteiger partial charge in [0.1, 0.15) is 11.3 Å². The molecule has 0 N–H and O–H groups in total. The molecule has 9 aromatic rings. The van der Waals surface area contributed by atoms with Crippen molar-refractivity contribution >= 4 is 55.2 Å². The molecule has 4 heterocycles. The lowest BCUT2D eigenvalue weighted by Gasteiger charge is -2.12. The normalized spacial score (nSPS) is 12.0. The topological polar surface area (TPSA) is 34.6 Å². The summed E-state index contributed by atoms with van der Waals surface area (Å²) in [5.41, 5.74) is 13.0. The summed E-state index contributed by atoms with van der Waals surface area (Å²) in [5.74, 6) is 0. The first-order valence-electron chi connectivity index (χ1n) is 13.5. The number of hydrogen-bond acceptors (Lipinski definition) is 2. The van der Waals surface area contributed by atoms with E-state index < -0.39 is 0 Å². The monoisotopic (exact) mass is 510 g/mol. The van der Waals surface area contributed by atoms with Crippen LogP contribution in [0.2, 0.25) is 0 Å². The third-order valence-corrected chi connectivity index (χ3v) is 8.07. The maximum atomic E-state index is 5.07. The second-order valence-electron chi connectivity index (χ2n) is 10.3. The molecule has 0 spiro atoms. The molecule has 186 valence electrons. The Kier molecular flexibility index (Phi) is 4.30. The van der Waals surface area contributed by atoms with Gasteiger partial charge in [0.05, 0.1) is 33.1 Å². The van der Waals surface area contributed by atoms with Crippen molar-refractivity contribution in [2.45, 2.75) is 0 Å². The molecule has 0 unspecified atom stereocenters. The molecular formula is C36H22N4. The summed E-state index contributed by atoms with van der Waals surface area (Å²) in [4.78, 5) is 10.1. The largest absolute Gasteiger partial charge is 0.292 e. The highest BCUT2D eigenvalue weighted by Gasteiger charge is 2.16. The highest BCUT2D eigenvalue weighted by Crippen LogP contribution is 2.36. The van der Waals surface area contributed by atoms with Gasteiger partial charge in [0.25, 0.3) is 0 Å². The minimum Gasteiger partial charge on any atom is -0.292 e. The minimum absolute atomic E-state index is 0.972. The smallest absolute Gasteiger partial charge is 0.146 e. The summed E-state index contributed by atoms with van der Waals surface area (Å²) in [6.45, 7) is 0. The summed E-state index contributed by atoms with van der Waals surface area (Å²) in [5, 5.41) is 2.38. The number of benzene rings is 5. The van der Waals surface area contributed by atoms with Crippen molar-refractivity contribution < 1.29 is 0 Å². The van der Waals surface area contributed by atoms with Crippen LogP contribution in [-0.4, -0.2) is 18.8 Å². The Hall–Kier alpha value is -5.48. The summed E-state index contributed by atoms with van der Waals surface area (Å²) < 4.78 is 4.58. The van der Waals surface area contributed by atoms with Gasteiger partial charge in [0, 0.05) is 11.1 Å². The highest BCUT2D eigenvalue weighted by atomic mass is 15.0. The van der Waals surface area contributed by atoms with E-state index in [9.17, 15) is 0 Å². The maximum Gasteiger partial charge on any atom is 0.146 e. The Morgan fingerprint density at radius 1 is 0.375 bits per heavy atom. The van der Waals surface area contributed by atoms with Gasteiger partial charge in [-0.1, -0.05) is 84.9 Å². The van der Waals surface area contributed by atoms with E-state index in [1.165, 1.54) is 10.8 Å². The van der Waals surface area contributed by atoms with Gasteiger partial charge in [-0.25, -0.2) is 9.97 Å². The molecule has 0 aliphatic heterocycles. The standard InChI is InChI=1S/C36H22N4/c1-5-13-31-25(9-1)21-27(35-37-29-11-3-7-15-33(29)39(31)35)23-17-19-24(20-18-23)28-22-26-10-2-6-14-32(26)40-34-16-8-4-12-30(34)38-36(28)40/h1-22H. The van der Waals surface area contributed by atoms with Gasteiger partial charge in [-0.05, 0) is 70.4 Å². The summed E-state index contributed by atoms with van der Waals surface area (Å²) in [6, 6.07) is 47.2. The lowest BCUT2D eigenvalue weighted by Crippen LogP contribution is -1.93. The molecule has 0 radical (unpaired) electrons. The lowest BCUT2D eigenvalue weighted by molar-refractivity contribution is 1.29. The molecule has 4 nitrogen and oxygen atoms in total. The molecule has 0 saturated heterocycles. The van der Waals surface area contributed by atoms with Crippen LogP contribution < -0.4 is 0 Å². The molecule has 4 aromatic heterocycles. The van der Waals surface area contributed by atoms with Gasteiger partial charge in [0.2, 0.25) is 0 Å². The van der Waals surface area contributed by atoms with Crippen LogP contribution in [0.15, 0.2) is 133 Å². The molecule has 0 aliphatic carbocycles. The molecule has 0 amide bonds. The highest BCUT2D eigenvalue weighted by molar-refractivity contribution is 6.00.